The van der Waals surface area contributed by atoms with E-state index in [0.717, 1.165) is 38.3 Å². The van der Waals surface area contributed by atoms with Gasteiger partial charge in [0.2, 0.25) is 0 Å². The number of amides is 1. The van der Waals surface area contributed by atoms with Crippen molar-refractivity contribution in [2.75, 3.05) is 25.0 Å². The Morgan fingerprint density at radius 3 is 2.76 bits per heavy atom. The Hall–Kier alpha value is -1.78. The van der Waals surface area contributed by atoms with Crippen LogP contribution in [0.1, 0.15) is 39.2 Å². The summed E-state index contributed by atoms with van der Waals surface area (Å²) >= 11 is 0. The first-order valence-electron chi connectivity index (χ1n) is 7.57. The third-order valence-electron chi connectivity index (χ3n) is 4.35. The number of nitrogens with zero attached hydrogens (tertiary/aromatic N) is 2. The number of piperidine rings is 1. The topological polar surface area (TPSA) is 54.5 Å². The second kappa shape index (κ2) is 4.90. The van der Waals surface area contributed by atoms with Crippen molar-refractivity contribution in [2.24, 2.45) is 0 Å². The fourth-order valence-corrected chi connectivity index (χ4v) is 3.21. The van der Waals surface area contributed by atoms with E-state index in [1.165, 1.54) is 5.56 Å². The minimum Gasteiger partial charge on any atom is -0.444 e. The first kappa shape index (κ1) is 14.2. The van der Waals surface area contributed by atoms with Gasteiger partial charge in [0.05, 0.1) is 0 Å². The molecule has 1 saturated heterocycles. The molecule has 0 unspecified atom stereocenters. The summed E-state index contributed by atoms with van der Waals surface area (Å²) in [6.45, 7) is 8.11. The molecular weight excluding hydrogens is 266 g/mol. The maximum Gasteiger partial charge on any atom is 0.410 e. The lowest BCUT2D eigenvalue weighted by Crippen LogP contribution is -2.47. The van der Waals surface area contributed by atoms with Crippen molar-refractivity contribution >= 4 is 11.9 Å². The van der Waals surface area contributed by atoms with Crippen molar-refractivity contribution in [2.45, 2.75) is 44.6 Å². The van der Waals surface area contributed by atoms with E-state index < -0.39 is 5.60 Å². The second-order valence-electron chi connectivity index (χ2n) is 7.00. The van der Waals surface area contributed by atoms with Gasteiger partial charge >= 0.3 is 6.09 Å². The average Bonchev–Trinajstić information content (AvgIpc) is 2.77. The fourth-order valence-electron chi connectivity index (χ4n) is 3.21. The minimum absolute atomic E-state index is 0.127. The number of nitrogens with one attached hydrogen (secondary N) is 1. The van der Waals surface area contributed by atoms with E-state index in [9.17, 15) is 4.79 Å². The maximum atomic E-state index is 12.1. The van der Waals surface area contributed by atoms with Crippen molar-refractivity contribution in [1.29, 1.82) is 0 Å². The number of hydrogen-bond donors (Lipinski definition) is 1. The number of anilines is 1. The molecule has 0 radical (unpaired) electrons. The van der Waals surface area contributed by atoms with E-state index in [-0.39, 0.29) is 11.5 Å². The van der Waals surface area contributed by atoms with E-state index in [0.29, 0.717) is 0 Å². The Kier molecular flexibility index (Phi) is 3.30. The molecule has 114 valence electrons. The van der Waals surface area contributed by atoms with Gasteiger partial charge in [-0.1, -0.05) is 6.07 Å². The van der Waals surface area contributed by atoms with Crippen LogP contribution in [-0.4, -0.2) is 41.2 Å². The quantitative estimate of drug-likeness (QED) is 0.798. The summed E-state index contributed by atoms with van der Waals surface area (Å²) in [6.07, 6.45) is 3.53. The molecule has 1 spiro atoms. The Labute approximate surface area is 125 Å². The molecular formula is C16H23N3O2. The highest BCUT2D eigenvalue weighted by molar-refractivity contribution is 5.68. The van der Waals surface area contributed by atoms with E-state index in [4.69, 9.17) is 4.74 Å². The molecule has 1 amide bonds. The summed E-state index contributed by atoms with van der Waals surface area (Å²) < 4.78 is 5.46. The lowest BCUT2D eigenvalue weighted by atomic mass is 9.75. The average molecular weight is 289 g/mol. The molecule has 1 aromatic rings. The Morgan fingerprint density at radius 2 is 2.10 bits per heavy atom. The summed E-state index contributed by atoms with van der Waals surface area (Å²) in [6, 6.07) is 4.15. The molecule has 0 saturated carbocycles. The first-order chi connectivity index (χ1) is 9.90. The van der Waals surface area contributed by atoms with Gasteiger partial charge in [-0.15, -0.1) is 0 Å². The second-order valence-corrected chi connectivity index (χ2v) is 7.00. The molecule has 1 fully saturated rings. The lowest BCUT2D eigenvalue weighted by molar-refractivity contribution is 0.0172. The summed E-state index contributed by atoms with van der Waals surface area (Å²) in [5, 5.41) is 3.40. The molecule has 3 rings (SSSR count). The van der Waals surface area contributed by atoms with Crippen LogP contribution in [0.25, 0.3) is 0 Å². The van der Waals surface area contributed by atoms with Crippen LogP contribution in [0.3, 0.4) is 0 Å². The summed E-state index contributed by atoms with van der Waals surface area (Å²) in [5.41, 5.74) is 0.994. The predicted octanol–water partition coefficient (Wildman–Crippen LogP) is 2.78. The molecule has 1 N–H and O–H groups in total. The Bertz CT molecular complexity index is 543. The first-order valence-corrected chi connectivity index (χ1v) is 7.57. The van der Waals surface area contributed by atoms with Crippen LogP contribution in [0.2, 0.25) is 0 Å². The highest BCUT2D eigenvalue weighted by Crippen LogP contribution is 2.42. The van der Waals surface area contributed by atoms with Crippen molar-refractivity contribution < 1.29 is 9.53 Å². The fraction of sp³-hybridized carbons (Fsp3) is 0.625. The summed E-state index contributed by atoms with van der Waals surface area (Å²) in [5.74, 6) is 1.00. The summed E-state index contributed by atoms with van der Waals surface area (Å²) in [7, 11) is 0. The molecule has 0 atom stereocenters. The predicted molar refractivity (Wildman–Crippen MR) is 81.4 cm³/mol. The molecule has 5 nitrogen and oxygen atoms in total. The van der Waals surface area contributed by atoms with Gasteiger partial charge in [-0.3, -0.25) is 0 Å². The number of fused-ring (bicyclic) bond motifs is 2. The SMILES string of the molecule is CC(C)(C)OC(=O)N1CCC2(CC1)CNc1ncccc12. The number of carbonyl (C=O) groups is 1. The molecule has 0 bridgehead atoms. The molecule has 0 aromatic carbocycles. The van der Waals surface area contributed by atoms with Gasteiger partial charge in [0.1, 0.15) is 11.4 Å². The third-order valence-corrected chi connectivity index (χ3v) is 4.35. The van der Waals surface area contributed by atoms with Crippen LogP contribution in [0.5, 0.6) is 0 Å². The Balaban J connectivity index is 1.68. The number of likely N-dealkylation sites (tertiary alicyclic amines) is 1. The minimum atomic E-state index is -0.433. The van der Waals surface area contributed by atoms with Crippen molar-refractivity contribution in [3.8, 4) is 0 Å². The Morgan fingerprint density at radius 1 is 1.38 bits per heavy atom. The number of rotatable bonds is 0. The molecule has 21 heavy (non-hydrogen) atoms. The molecule has 3 heterocycles. The lowest BCUT2D eigenvalue weighted by Gasteiger charge is -2.39. The molecule has 2 aliphatic heterocycles. The van der Waals surface area contributed by atoms with Gasteiger partial charge < -0.3 is 15.0 Å². The third kappa shape index (κ3) is 2.69. The van der Waals surface area contributed by atoms with E-state index in [2.05, 4.69) is 16.4 Å². The van der Waals surface area contributed by atoms with Crippen molar-refractivity contribution in [3.63, 3.8) is 0 Å². The smallest absolute Gasteiger partial charge is 0.410 e. The van der Waals surface area contributed by atoms with Gasteiger partial charge in [0, 0.05) is 36.8 Å². The number of carbonyl (C=O) groups excluding carboxylic acids is 1. The van der Waals surface area contributed by atoms with Gasteiger partial charge in [-0.2, -0.15) is 0 Å². The molecule has 2 aliphatic rings. The molecule has 1 aromatic heterocycles. The molecule has 0 aliphatic carbocycles. The van der Waals surface area contributed by atoms with Gasteiger partial charge in [0.25, 0.3) is 0 Å². The molecule has 5 heteroatoms. The zero-order valence-corrected chi connectivity index (χ0v) is 13.0. The largest absolute Gasteiger partial charge is 0.444 e. The van der Waals surface area contributed by atoms with E-state index >= 15 is 0 Å². The number of ether oxygens (including phenoxy) is 1. The number of hydrogen-bond acceptors (Lipinski definition) is 4. The van der Waals surface area contributed by atoms with Crippen molar-refractivity contribution in [1.82, 2.24) is 9.88 Å². The van der Waals surface area contributed by atoms with Crippen LogP contribution in [0.4, 0.5) is 10.6 Å². The van der Waals surface area contributed by atoms with E-state index in [1.807, 2.05) is 37.9 Å². The zero-order chi connectivity index (χ0) is 15.1. The monoisotopic (exact) mass is 289 g/mol. The van der Waals surface area contributed by atoms with Gasteiger partial charge in [-0.25, -0.2) is 9.78 Å². The standard InChI is InChI=1S/C16H23N3O2/c1-15(2,3)21-14(20)19-9-6-16(7-10-19)11-18-13-12(16)5-4-8-17-13/h4-5,8H,6-7,9-11H2,1-3H3,(H,17,18). The maximum absolute atomic E-state index is 12.1. The van der Waals surface area contributed by atoms with E-state index in [1.54, 1.807) is 0 Å². The highest BCUT2D eigenvalue weighted by Gasteiger charge is 2.43. The van der Waals surface area contributed by atoms with Crippen LogP contribution in [-0.2, 0) is 10.2 Å². The van der Waals surface area contributed by atoms with Gasteiger partial charge in [0.15, 0.2) is 0 Å². The number of aromatic nitrogens is 1. The van der Waals surface area contributed by atoms with Crippen LogP contribution in [0.15, 0.2) is 18.3 Å². The normalized spacial score (nSPS) is 20.0. The van der Waals surface area contributed by atoms with Crippen LogP contribution < -0.4 is 5.32 Å². The van der Waals surface area contributed by atoms with Gasteiger partial charge in [-0.05, 0) is 39.7 Å². The van der Waals surface area contributed by atoms with Crippen LogP contribution >= 0.6 is 0 Å². The van der Waals surface area contributed by atoms with Crippen molar-refractivity contribution in [3.05, 3.63) is 23.9 Å². The zero-order valence-electron chi connectivity index (χ0n) is 13.0. The van der Waals surface area contributed by atoms with Crippen LogP contribution in [0, 0.1) is 0 Å². The summed E-state index contributed by atoms with van der Waals surface area (Å²) in [4.78, 5) is 18.4. The highest BCUT2D eigenvalue weighted by atomic mass is 16.6. The number of pyridine rings is 1.